The molecule has 0 atom stereocenters. The lowest BCUT2D eigenvalue weighted by molar-refractivity contribution is 0.0692. The van der Waals surface area contributed by atoms with Gasteiger partial charge >= 0.3 is 5.97 Å². The SMILES string of the molecule is COc1c(C(=O)O)cc(-c2ccncc2C)c(OC)c1OC. The molecule has 2 aromatic rings. The number of rotatable bonds is 5. The standard InChI is InChI=1S/C16H17NO5/c1-9-8-17-6-5-10(9)11-7-12(16(18)19)14(21-3)15(22-4)13(11)20-2/h5-8H,1-4H3,(H,18,19). The number of pyridine rings is 1. The fourth-order valence-corrected chi connectivity index (χ4v) is 2.35. The molecule has 0 aliphatic heterocycles. The summed E-state index contributed by atoms with van der Waals surface area (Å²) in [4.78, 5) is 15.6. The third-order valence-electron chi connectivity index (χ3n) is 3.34. The fourth-order valence-electron chi connectivity index (χ4n) is 2.35. The maximum Gasteiger partial charge on any atom is 0.339 e. The second kappa shape index (κ2) is 6.34. The van der Waals surface area contributed by atoms with Crippen LogP contribution in [0, 0.1) is 6.92 Å². The van der Waals surface area contributed by atoms with Gasteiger partial charge in [-0.3, -0.25) is 4.98 Å². The number of aryl methyl sites for hydroxylation is 1. The van der Waals surface area contributed by atoms with E-state index in [2.05, 4.69) is 4.98 Å². The molecule has 0 bridgehead atoms. The average Bonchev–Trinajstić information content (AvgIpc) is 2.52. The minimum absolute atomic E-state index is 0.00589. The number of aromatic carboxylic acids is 1. The highest BCUT2D eigenvalue weighted by molar-refractivity contribution is 5.96. The number of hydrogen-bond donors (Lipinski definition) is 1. The maximum atomic E-state index is 11.5. The van der Waals surface area contributed by atoms with Crippen molar-refractivity contribution < 1.29 is 24.1 Å². The lowest BCUT2D eigenvalue weighted by Crippen LogP contribution is -2.05. The first-order chi connectivity index (χ1) is 10.5. The van der Waals surface area contributed by atoms with E-state index in [1.165, 1.54) is 27.4 Å². The zero-order valence-electron chi connectivity index (χ0n) is 12.8. The van der Waals surface area contributed by atoms with E-state index in [-0.39, 0.29) is 17.1 Å². The quantitative estimate of drug-likeness (QED) is 0.915. The van der Waals surface area contributed by atoms with Gasteiger partial charge in [0.2, 0.25) is 5.75 Å². The fraction of sp³-hybridized carbons (Fsp3) is 0.250. The normalized spacial score (nSPS) is 10.2. The van der Waals surface area contributed by atoms with E-state index in [4.69, 9.17) is 14.2 Å². The zero-order chi connectivity index (χ0) is 16.3. The molecular formula is C16H17NO5. The van der Waals surface area contributed by atoms with Gasteiger partial charge in [0.1, 0.15) is 5.56 Å². The van der Waals surface area contributed by atoms with Crippen molar-refractivity contribution in [1.29, 1.82) is 0 Å². The number of ether oxygens (including phenoxy) is 3. The van der Waals surface area contributed by atoms with Gasteiger partial charge in [0.05, 0.1) is 21.3 Å². The highest BCUT2D eigenvalue weighted by Crippen LogP contribution is 2.47. The number of carbonyl (C=O) groups is 1. The van der Waals surface area contributed by atoms with Crippen molar-refractivity contribution in [1.82, 2.24) is 4.98 Å². The van der Waals surface area contributed by atoms with Crippen LogP contribution < -0.4 is 14.2 Å². The third-order valence-corrected chi connectivity index (χ3v) is 3.34. The van der Waals surface area contributed by atoms with Crippen LogP contribution in [0.4, 0.5) is 0 Å². The molecular weight excluding hydrogens is 286 g/mol. The largest absolute Gasteiger partial charge is 0.492 e. The molecule has 1 aromatic heterocycles. The highest BCUT2D eigenvalue weighted by Gasteiger charge is 2.25. The maximum absolute atomic E-state index is 11.5. The van der Waals surface area contributed by atoms with Gasteiger partial charge in [-0.05, 0) is 30.2 Å². The Morgan fingerprint density at radius 1 is 1.05 bits per heavy atom. The first kappa shape index (κ1) is 15.6. The summed E-state index contributed by atoms with van der Waals surface area (Å²) < 4.78 is 16.0. The number of carboxylic acid groups (broad SMARTS) is 1. The molecule has 0 fully saturated rings. The molecule has 0 spiro atoms. The van der Waals surface area contributed by atoms with E-state index in [1.807, 2.05) is 6.92 Å². The van der Waals surface area contributed by atoms with Gasteiger partial charge in [0.25, 0.3) is 0 Å². The predicted molar refractivity (Wildman–Crippen MR) is 81.0 cm³/mol. The third kappa shape index (κ3) is 2.55. The molecule has 0 radical (unpaired) electrons. The molecule has 0 unspecified atom stereocenters. The summed E-state index contributed by atoms with van der Waals surface area (Å²) in [7, 11) is 4.33. The van der Waals surface area contributed by atoms with Gasteiger partial charge in [0.15, 0.2) is 11.5 Å². The summed E-state index contributed by atoms with van der Waals surface area (Å²) >= 11 is 0. The summed E-state index contributed by atoms with van der Waals surface area (Å²) in [6.07, 6.45) is 3.34. The van der Waals surface area contributed by atoms with Crippen molar-refractivity contribution in [3.05, 3.63) is 35.7 Å². The van der Waals surface area contributed by atoms with Crippen LogP contribution in [0.15, 0.2) is 24.5 Å². The van der Waals surface area contributed by atoms with E-state index < -0.39 is 5.97 Å². The van der Waals surface area contributed by atoms with E-state index in [9.17, 15) is 9.90 Å². The van der Waals surface area contributed by atoms with Crippen LogP contribution in [0.25, 0.3) is 11.1 Å². The van der Waals surface area contributed by atoms with Crippen LogP contribution in [0.5, 0.6) is 17.2 Å². The molecule has 1 aromatic carbocycles. The number of aromatic nitrogens is 1. The number of carboxylic acids is 1. The molecule has 0 aliphatic rings. The number of nitrogens with zero attached hydrogens (tertiary/aromatic N) is 1. The molecule has 0 saturated heterocycles. The smallest absolute Gasteiger partial charge is 0.339 e. The zero-order valence-corrected chi connectivity index (χ0v) is 12.8. The number of methoxy groups -OCH3 is 3. The summed E-state index contributed by atoms with van der Waals surface area (Å²) in [5, 5.41) is 9.43. The van der Waals surface area contributed by atoms with Crippen LogP contribution in [-0.4, -0.2) is 37.4 Å². The van der Waals surface area contributed by atoms with Crippen molar-refractivity contribution in [2.45, 2.75) is 6.92 Å². The van der Waals surface area contributed by atoms with Crippen molar-refractivity contribution in [3.63, 3.8) is 0 Å². The summed E-state index contributed by atoms with van der Waals surface area (Å²) in [5.74, 6) is -0.317. The first-order valence-electron chi connectivity index (χ1n) is 6.52. The van der Waals surface area contributed by atoms with E-state index in [0.717, 1.165) is 11.1 Å². The van der Waals surface area contributed by atoms with Gasteiger partial charge in [0, 0.05) is 18.0 Å². The number of hydrogen-bond acceptors (Lipinski definition) is 5. The van der Waals surface area contributed by atoms with Crippen LogP contribution in [0.3, 0.4) is 0 Å². The Morgan fingerprint density at radius 3 is 2.18 bits per heavy atom. The van der Waals surface area contributed by atoms with Gasteiger partial charge in [-0.2, -0.15) is 0 Å². The highest BCUT2D eigenvalue weighted by atomic mass is 16.5. The second-order valence-corrected chi connectivity index (χ2v) is 4.57. The Hall–Kier alpha value is -2.76. The Morgan fingerprint density at radius 2 is 1.68 bits per heavy atom. The monoisotopic (exact) mass is 303 g/mol. The van der Waals surface area contributed by atoms with Crippen molar-refractivity contribution in [2.75, 3.05) is 21.3 Å². The molecule has 0 amide bonds. The summed E-state index contributed by atoms with van der Waals surface area (Å²) in [6.45, 7) is 1.89. The first-order valence-corrected chi connectivity index (χ1v) is 6.52. The minimum atomic E-state index is -1.11. The lowest BCUT2D eigenvalue weighted by atomic mass is 9.98. The van der Waals surface area contributed by atoms with Crippen LogP contribution in [-0.2, 0) is 0 Å². The van der Waals surface area contributed by atoms with Crippen LogP contribution in [0.1, 0.15) is 15.9 Å². The van der Waals surface area contributed by atoms with E-state index >= 15 is 0 Å². The molecule has 0 saturated carbocycles. The Kier molecular flexibility index (Phi) is 4.50. The lowest BCUT2D eigenvalue weighted by Gasteiger charge is -2.18. The molecule has 6 nitrogen and oxygen atoms in total. The van der Waals surface area contributed by atoms with Crippen LogP contribution in [0.2, 0.25) is 0 Å². The van der Waals surface area contributed by atoms with Crippen LogP contribution >= 0.6 is 0 Å². The number of benzene rings is 1. The minimum Gasteiger partial charge on any atom is -0.492 e. The van der Waals surface area contributed by atoms with Gasteiger partial charge < -0.3 is 19.3 Å². The van der Waals surface area contributed by atoms with Gasteiger partial charge in [-0.15, -0.1) is 0 Å². The average molecular weight is 303 g/mol. The molecule has 6 heteroatoms. The topological polar surface area (TPSA) is 77.9 Å². The molecule has 0 aliphatic carbocycles. The molecule has 1 N–H and O–H groups in total. The Balaban J connectivity index is 2.87. The Labute approximate surface area is 128 Å². The molecule has 2 rings (SSSR count). The predicted octanol–water partition coefficient (Wildman–Crippen LogP) is 2.78. The van der Waals surface area contributed by atoms with Gasteiger partial charge in [-0.1, -0.05) is 0 Å². The molecule has 22 heavy (non-hydrogen) atoms. The van der Waals surface area contributed by atoms with Crippen molar-refractivity contribution >= 4 is 5.97 Å². The second-order valence-electron chi connectivity index (χ2n) is 4.57. The van der Waals surface area contributed by atoms with Crippen molar-refractivity contribution in [2.24, 2.45) is 0 Å². The Bertz CT molecular complexity index is 712. The van der Waals surface area contributed by atoms with E-state index in [1.54, 1.807) is 18.5 Å². The summed E-state index contributed by atoms with van der Waals surface area (Å²) in [5.41, 5.74) is 2.32. The van der Waals surface area contributed by atoms with Crippen molar-refractivity contribution in [3.8, 4) is 28.4 Å². The molecule has 1 heterocycles. The summed E-state index contributed by atoms with van der Waals surface area (Å²) in [6, 6.07) is 3.32. The van der Waals surface area contributed by atoms with Gasteiger partial charge in [-0.25, -0.2) is 4.79 Å². The molecule has 116 valence electrons. The van der Waals surface area contributed by atoms with E-state index in [0.29, 0.717) is 11.3 Å².